The Balaban J connectivity index is 2.16. The van der Waals surface area contributed by atoms with Crippen molar-refractivity contribution >= 4 is 6.09 Å². The molecule has 86 valence electrons. The van der Waals surface area contributed by atoms with Crippen LogP contribution in [0.3, 0.4) is 0 Å². The molecule has 0 radical (unpaired) electrons. The minimum Gasteiger partial charge on any atom is -0.439 e. The SMILES string of the molecule is CC(C)(C)N1C[C@H](c2ccccc2)OC1=O. The smallest absolute Gasteiger partial charge is 0.411 e. The van der Waals surface area contributed by atoms with Gasteiger partial charge in [0.15, 0.2) is 0 Å². The third kappa shape index (κ3) is 2.03. The lowest BCUT2D eigenvalue weighted by Crippen LogP contribution is -2.41. The van der Waals surface area contributed by atoms with E-state index in [1.165, 1.54) is 0 Å². The molecule has 0 unspecified atom stereocenters. The van der Waals surface area contributed by atoms with Gasteiger partial charge in [-0.2, -0.15) is 0 Å². The molecule has 1 amide bonds. The van der Waals surface area contributed by atoms with E-state index < -0.39 is 0 Å². The molecule has 0 N–H and O–H groups in total. The zero-order valence-electron chi connectivity index (χ0n) is 9.93. The lowest BCUT2D eigenvalue weighted by atomic mass is 10.1. The highest BCUT2D eigenvalue weighted by Gasteiger charge is 2.38. The van der Waals surface area contributed by atoms with E-state index >= 15 is 0 Å². The van der Waals surface area contributed by atoms with Crippen molar-refractivity contribution in [2.45, 2.75) is 32.4 Å². The number of cyclic esters (lactones) is 1. The van der Waals surface area contributed by atoms with Gasteiger partial charge in [-0.25, -0.2) is 4.79 Å². The van der Waals surface area contributed by atoms with Crippen LogP contribution >= 0.6 is 0 Å². The van der Waals surface area contributed by atoms with Crippen LogP contribution in [0.2, 0.25) is 0 Å². The molecule has 0 saturated carbocycles. The Bertz CT molecular complexity index is 381. The maximum atomic E-state index is 11.7. The van der Waals surface area contributed by atoms with Crippen LogP contribution in [0.5, 0.6) is 0 Å². The molecule has 16 heavy (non-hydrogen) atoms. The van der Waals surface area contributed by atoms with Crippen LogP contribution in [0.4, 0.5) is 4.79 Å². The van der Waals surface area contributed by atoms with Crippen molar-refractivity contribution in [3.05, 3.63) is 35.9 Å². The second-order valence-electron chi connectivity index (χ2n) is 5.06. The quantitative estimate of drug-likeness (QED) is 0.726. The maximum Gasteiger partial charge on any atom is 0.411 e. The summed E-state index contributed by atoms with van der Waals surface area (Å²) in [7, 11) is 0. The van der Waals surface area contributed by atoms with E-state index in [0.717, 1.165) is 5.56 Å². The van der Waals surface area contributed by atoms with Crippen LogP contribution in [0.1, 0.15) is 32.4 Å². The first kappa shape index (κ1) is 11.0. The van der Waals surface area contributed by atoms with Crippen molar-refractivity contribution in [2.24, 2.45) is 0 Å². The van der Waals surface area contributed by atoms with Gasteiger partial charge in [-0.15, -0.1) is 0 Å². The van der Waals surface area contributed by atoms with Gasteiger partial charge in [-0.3, -0.25) is 4.90 Å². The number of benzene rings is 1. The van der Waals surface area contributed by atoms with Gasteiger partial charge in [-0.05, 0) is 26.3 Å². The molecule has 0 spiro atoms. The van der Waals surface area contributed by atoms with E-state index in [9.17, 15) is 4.79 Å². The molecule has 0 aromatic heterocycles. The minimum absolute atomic E-state index is 0.132. The molecule has 2 rings (SSSR count). The van der Waals surface area contributed by atoms with E-state index in [2.05, 4.69) is 0 Å². The summed E-state index contributed by atoms with van der Waals surface area (Å²) in [4.78, 5) is 13.5. The Morgan fingerprint density at radius 2 is 1.88 bits per heavy atom. The molecule has 3 nitrogen and oxygen atoms in total. The second kappa shape index (κ2) is 3.81. The van der Waals surface area contributed by atoms with Crippen molar-refractivity contribution in [1.29, 1.82) is 0 Å². The first-order chi connectivity index (χ1) is 7.48. The summed E-state index contributed by atoms with van der Waals surface area (Å²) in [6.07, 6.45) is -0.353. The van der Waals surface area contributed by atoms with Gasteiger partial charge >= 0.3 is 6.09 Å². The van der Waals surface area contributed by atoms with E-state index in [1.807, 2.05) is 51.1 Å². The summed E-state index contributed by atoms with van der Waals surface area (Å²) in [6, 6.07) is 9.86. The van der Waals surface area contributed by atoms with Gasteiger partial charge in [-0.1, -0.05) is 30.3 Å². The Morgan fingerprint density at radius 1 is 1.25 bits per heavy atom. The van der Waals surface area contributed by atoms with Crippen molar-refractivity contribution in [3.63, 3.8) is 0 Å². The first-order valence-electron chi connectivity index (χ1n) is 5.51. The summed E-state index contributed by atoms with van der Waals surface area (Å²) in [5.41, 5.74) is 0.878. The van der Waals surface area contributed by atoms with Gasteiger partial charge in [0.05, 0.1) is 6.54 Å². The van der Waals surface area contributed by atoms with Crippen LogP contribution in [-0.2, 0) is 4.74 Å². The zero-order valence-corrected chi connectivity index (χ0v) is 9.93. The largest absolute Gasteiger partial charge is 0.439 e. The molecule has 1 aromatic carbocycles. The molecule has 1 fully saturated rings. The van der Waals surface area contributed by atoms with E-state index in [1.54, 1.807) is 4.90 Å². The van der Waals surface area contributed by atoms with Crippen LogP contribution in [-0.4, -0.2) is 23.1 Å². The third-order valence-corrected chi connectivity index (χ3v) is 2.79. The molecule has 0 bridgehead atoms. The number of nitrogens with zero attached hydrogens (tertiary/aromatic N) is 1. The number of carbonyl (C=O) groups excluding carboxylic acids is 1. The molecule has 3 heteroatoms. The fourth-order valence-corrected chi connectivity index (χ4v) is 1.85. The van der Waals surface area contributed by atoms with Crippen LogP contribution < -0.4 is 0 Å². The molecule has 1 aliphatic rings. The van der Waals surface area contributed by atoms with Gasteiger partial charge in [0, 0.05) is 5.54 Å². The number of rotatable bonds is 1. The number of hydrogen-bond acceptors (Lipinski definition) is 2. The summed E-state index contributed by atoms with van der Waals surface area (Å²) >= 11 is 0. The van der Waals surface area contributed by atoms with E-state index in [0.29, 0.717) is 6.54 Å². The number of amides is 1. The fraction of sp³-hybridized carbons (Fsp3) is 0.462. The molecule has 1 atom stereocenters. The molecular weight excluding hydrogens is 202 g/mol. The highest BCUT2D eigenvalue weighted by atomic mass is 16.6. The molecular formula is C13H17NO2. The van der Waals surface area contributed by atoms with Crippen LogP contribution in [0.25, 0.3) is 0 Å². The number of hydrogen-bond donors (Lipinski definition) is 0. The lowest BCUT2D eigenvalue weighted by molar-refractivity contribution is 0.120. The Morgan fingerprint density at radius 3 is 2.38 bits per heavy atom. The molecule has 1 aliphatic heterocycles. The standard InChI is InChI=1S/C13H17NO2/c1-13(2,3)14-9-11(16-12(14)15)10-7-5-4-6-8-10/h4-8,11H,9H2,1-3H3/t11-/m1/s1. The predicted octanol–water partition coefficient (Wildman–Crippen LogP) is 2.98. The van der Waals surface area contributed by atoms with Gasteiger partial charge in [0.25, 0.3) is 0 Å². The normalized spacial score (nSPS) is 21.1. The molecule has 1 aromatic rings. The van der Waals surface area contributed by atoms with Crippen molar-refractivity contribution in [1.82, 2.24) is 4.90 Å². The van der Waals surface area contributed by atoms with E-state index in [4.69, 9.17) is 4.74 Å². The summed E-state index contributed by atoms with van der Waals surface area (Å²) in [5.74, 6) is 0. The maximum absolute atomic E-state index is 11.7. The van der Waals surface area contributed by atoms with E-state index in [-0.39, 0.29) is 17.7 Å². The second-order valence-corrected chi connectivity index (χ2v) is 5.06. The topological polar surface area (TPSA) is 29.5 Å². The number of carbonyl (C=O) groups is 1. The molecule has 1 saturated heterocycles. The van der Waals surface area contributed by atoms with Gasteiger partial charge < -0.3 is 4.74 Å². The summed E-state index contributed by atoms with van der Waals surface area (Å²) in [6.45, 7) is 6.68. The van der Waals surface area contributed by atoms with Crippen LogP contribution in [0, 0.1) is 0 Å². The Hall–Kier alpha value is -1.51. The summed E-state index contributed by atoms with van der Waals surface area (Å²) in [5, 5.41) is 0. The Labute approximate surface area is 96.0 Å². The van der Waals surface area contributed by atoms with Crippen LogP contribution in [0.15, 0.2) is 30.3 Å². The fourth-order valence-electron chi connectivity index (χ4n) is 1.85. The summed E-state index contributed by atoms with van der Waals surface area (Å²) < 4.78 is 5.37. The highest BCUT2D eigenvalue weighted by Crippen LogP contribution is 2.30. The van der Waals surface area contributed by atoms with Crippen molar-refractivity contribution in [2.75, 3.05) is 6.54 Å². The average molecular weight is 219 g/mol. The van der Waals surface area contributed by atoms with Gasteiger partial charge in [0.1, 0.15) is 6.10 Å². The van der Waals surface area contributed by atoms with Gasteiger partial charge in [0.2, 0.25) is 0 Å². The third-order valence-electron chi connectivity index (χ3n) is 2.79. The zero-order chi connectivity index (χ0) is 11.8. The predicted molar refractivity (Wildman–Crippen MR) is 62.1 cm³/mol. The Kier molecular flexibility index (Phi) is 2.62. The average Bonchev–Trinajstić information content (AvgIpc) is 2.61. The number of ether oxygens (including phenoxy) is 1. The molecule has 0 aliphatic carbocycles. The monoisotopic (exact) mass is 219 g/mol. The lowest BCUT2D eigenvalue weighted by Gasteiger charge is -2.29. The first-order valence-corrected chi connectivity index (χ1v) is 5.51. The highest BCUT2D eigenvalue weighted by molar-refractivity contribution is 5.71. The minimum atomic E-state index is -0.221. The van der Waals surface area contributed by atoms with Crippen molar-refractivity contribution < 1.29 is 9.53 Å². The van der Waals surface area contributed by atoms with Crippen molar-refractivity contribution in [3.8, 4) is 0 Å². The molecule has 1 heterocycles.